The maximum Gasteiger partial charge on any atom is 0.186 e. The maximum atomic E-state index is 9.41. The number of nitrogens with zero attached hydrogens (tertiary/aromatic N) is 1. The van der Waals surface area contributed by atoms with E-state index in [1.54, 1.807) is 0 Å². The van der Waals surface area contributed by atoms with Crippen LogP contribution in [0.5, 0.6) is 0 Å². The van der Waals surface area contributed by atoms with Gasteiger partial charge in [-0.25, -0.2) is 0 Å². The minimum absolute atomic E-state index is 0.0647. The number of hydrogen-bond acceptors (Lipinski definition) is 6. The van der Waals surface area contributed by atoms with Gasteiger partial charge in [-0.05, 0) is 0 Å². The molecule has 1 aliphatic rings. The second-order valence-corrected chi connectivity index (χ2v) is 3.11. The summed E-state index contributed by atoms with van der Waals surface area (Å²) >= 11 is 0. The monoisotopic (exact) mass is 203 g/mol. The Morgan fingerprint density at radius 1 is 1.29 bits per heavy atom. The first-order chi connectivity index (χ1) is 6.61. The van der Waals surface area contributed by atoms with Gasteiger partial charge in [0.25, 0.3) is 0 Å². The van der Waals surface area contributed by atoms with Gasteiger partial charge in [0.05, 0.1) is 12.5 Å². The molecule has 3 N–H and O–H groups in total. The second kappa shape index (κ2) is 4.68. The third-order valence-electron chi connectivity index (χ3n) is 2.19. The summed E-state index contributed by atoms with van der Waals surface area (Å²) in [6.45, 7) is 0. The van der Waals surface area contributed by atoms with Crippen molar-refractivity contribution < 1.29 is 24.8 Å². The molecule has 0 amide bonds. The van der Waals surface area contributed by atoms with Crippen LogP contribution in [-0.4, -0.2) is 53.1 Å². The molecule has 5 atom stereocenters. The lowest BCUT2D eigenvalue weighted by molar-refractivity contribution is -0.288. The fourth-order valence-electron chi connectivity index (χ4n) is 1.37. The van der Waals surface area contributed by atoms with Crippen LogP contribution >= 0.6 is 0 Å². The normalized spacial score (nSPS) is 43.2. The van der Waals surface area contributed by atoms with Crippen LogP contribution in [0.3, 0.4) is 0 Å². The van der Waals surface area contributed by atoms with Crippen molar-refractivity contribution in [3.63, 3.8) is 0 Å². The van der Waals surface area contributed by atoms with E-state index in [4.69, 9.17) is 14.7 Å². The molecule has 0 aromatic heterocycles. The second-order valence-electron chi connectivity index (χ2n) is 3.11. The number of nitriles is 1. The van der Waals surface area contributed by atoms with Crippen molar-refractivity contribution in [3.05, 3.63) is 0 Å². The van der Waals surface area contributed by atoms with Gasteiger partial charge in [0.1, 0.15) is 24.4 Å². The van der Waals surface area contributed by atoms with E-state index in [0.29, 0.717) is 0 Å². The Balaban J connectivity index is 2.69. The van der Waals surface area contributed by atoms with Crippen molar-refractivity contribution in [1.29, 1.82) is 5.26 Å². The Kier molecular flexibility index (Phi) is 3.80. The van der Waals surface area contributed by atoms with Crippen molar-refractivity contribution >= 4 is 0 Å². The molecule has 14 heavy (non-hydrogen) atoms. The molecule has 1 fully saturated rings. The standard InChI is InChI=1S/C8H13NO5/c1-13-8-7(12)6(11)5(10)4(14-8)2-3-9/h4-8,10-12H,2H2,1H3/t4?,5-,6?,7?,8+/m1/s1. The van der Waals surface area contributed by atoms with Crippen molar-refractivity contribution in [1.82, 2.24) is 0 Å². The number of aliphatic hydroxyl groups is 3. The fraction of sp³-hybridized carbons (Fsp3) is 0.875. The summed E-state index contributed by atoms with van der Waals surface area (Å²) in [5.74, 6) is 0. The highest BCUT2D eigenvalue weighted by Gasteiger charge is 2.43. The van der Waals surface area contributed by atoms with Gasteiger partial charge in [-0.1, -0.05) is 0 Å². The Morgan fingerprint density at radius 3 is 2.43 bits per heavy atom. The molecular formula is C8H13NO5. The number of aliphatic hydroxyl groups excluding tert-OH is 3. The van der Waals surface area contributed by atoms with E-state index in [1.807, 2.05) is 6.07 Å². The molecule has 3 unspecified atom stereocenters. The van der Waals surface area contributed by atoms with E-state index < -0.39 is 30.7 Å². The Hall–Kier alpha value is -0.710. The zero-order valence-corrected chi connectivity index (χ0v) is 7.70. The highest BCUT2D eigenvalue weighted by atomic mass is 16.7. The van der Waals surface area contributed by atoms with Crippen molar-refractivity contribution in [2.24, 2.45) is 0 Å². The molecular weight excluding hydrogens is 190 g/mol. The van der Waals surface area contributed by atoms with Crippen LogP contribution in [0.1, 0.15) is 6.42 Å². The molecule has 6 heteroatoms. The third-order valence-corrected chi connectivity index (χ3v) is 2.19. The van der Waals surface area contributed by atoms with Gasteiger partial charge in [-0.3, -0.25) is 0 Å². The maximum absolute atomic E-state index is 9.41. The van der Waals surface area contributed by atoms with Crippen LogP contribution in [0, 0.1) is 11.3 Å². The zero-order chi connectivity index (χ0) is 10.7. The molecule has 1 heterocycles. The average Bonchev–Trinajstić information content (AvgIpc) is 2.19. The van der Waals surface area contributed by atoms with Crippen LogP contribution in [0.4, 0.5) is 0 Å². The molecule has 0 aromatic carbocycles. The molecule has 1 aliphatic heterocycles. The first-order valence-electron chi connectivity index (χ1n) is 4.21. The Morgan fingerprint density at radius 2 is 1.93 bits per heavy atom. The fourth-order valence-corrected chi connectivity index (χ4v) is 1.37. The van der Waals surface area contributed by atoms with Crippen molar-refractivity contribution in [2.75, 3.05) is 7.11 Å². The third kappa shape index (κ3) is 2.03. The molecule has 0 aromatic rings. The molecule has 0 radical (unpaired) electrons. The predicted molar refractivity (Wildman–Crippen MR) is 43.9 cm³/mol. The van der Waals surface area contributed by atoms with Gasteiger partial charge in [-0.2, -0.15) is 5.26 Å². The summed E-state index contributed by atoms with van der Waals surface area (Å²) in [7, 11) is 1.31. The van der Waals surface area contributed by atoms with E-state index >= 15 is 0 Å². The average molecular weight is 203 g/mol. The lowest BCUT2D eigenvalue weighted by Crippen LogP contribution is -2.57. The predicted octanol–water partition coefficient (Wildman–Crippen LogP) is -1.65. The van der Waals surface area contributed by atoms with E-state index in [-0.39, 0.29) is 6.42 Å². The van der Waals surface area contributed by atoms with Crippen LogP contribution in [0.15, 0.2) is 0 Å². The molecule has 6 nitrogen and oxygen atoms in total. The number of hydrogen-bond donors (Lipinski definition) is 3. The first-order valence-corrected chi connectivity index (χ1v) is 4.21. The van der Waals surface area contributed by atoms with Crippen LogP contribution in [-0.2, 0) is 9.47 Å². The SMILES string of the molecule is CO[C@H]1OC(CC#N)[C@@H](O)C(O)C1O. The lowest BCUT2D eigenvalue weighted by Gasteiger charge is -2.38. The van der Waals surface area contributed by atoms with E-state index in [0.717, 1.165) is 0 Å². The van der Waals surface area contributed by atoms with Gasteiger partial charge >= 0.3 is 0 Å². The zero-order valence-electron chi connectivity index (χ0n) is 7.70. The van der Waals surface area contributed by atoms with Crippen LogP contribution < -0.4 is 0 Å². The largest absolute Gasteiger partial charge is 0.388 e. The van der Waals surface area contributed by atoms with Crippen molar-refractivity contribution in [3.8, 4) is 6.07 Å². The highest BCUT2D eigenvalue weighted by Crippen LogP contribution is 2.23. The highest BCUT2D eigenvalue weighted by molar-refractivity contribution is 4.92. The summed E-state index contributed by atoms with van der Waals surface area (Å²) in [6.07, 6.45) is -5.83. The molecule has 0 saturated carbocycles. The molecule has 0 bridgehead atoms. The van der Waals surface area contributed by atoms with Gasteiger partial charge in [0, 0.05) is 7.11 Å². The summed E-state index contributed by atoms with van der Waals surface area (Å²) < 4.78 is 9.81. The summed E-state index contributed by atoms with van der Waals surface area (Å²) in [6, 6.07) is 1.81. The minimum atomic E-state index is -1.35. The quantitative estimate of drug-likeness (QED) is 0.497. The van der Waals surface area contributed by atoms with Gasteiger partial charge in [0.15, 0.2) is 6.29 Å². The smallest absolute Gasteiger partial charge is 0.186 e. The van der Waals surface area contributed by atoms with Gasteiger partial charge < -0.3 is 24.8 Å². The number of rotatable bonds is 2. The van der Waals surface area contributed by atoms with E-state index in [2.05, 4.69) is 0 Å². The van der Waals surface area contributed by atoms with E-state index in [9.17, 15) is 15.3 Å². The first kappa shape index (κ1) is 11.4. The summed E-state index contributed by atoms with van der Waals surface area (Å²) in [5.41, 5.74) is 0. The molecule has 1 saturated heterocycles. The Labute approximate surface area is 81.3 Å². The summed E-state index contributed by atoms with van der Waals surface area (Å²) in [5, 5.41) is 36.6. The van der Waals surface area contributed by atoms with Crippen LogP contribution in [0.2, 0.25) is 0 Å². The molecule has 1 rings (SSSR count). The minimum Gasteiger partial charge on any atom is -0.388 e. The topological polar surface area (TPSA) is 103 Å². The van der Waals surface area contributed by atoms with Crippen molar-refractivity contribution in [2.45, 2.75) is 37.1 Å². The van der Waals surface area contributed by atoms with Crippen LogP contribution in [0.25, 0.3) is 0 Å². The van der Waals surface area contributed by atoms with E-state index in [1.165, 1.54) is 7.11 Å². The molecule has 0 aliphatic carbocycles. The number of ether oxygens (including phenoxy) is 2. The summed E-state index contributed by atoms with van der Waals surface area (Å²) in [4.78, 5) is 0. The lowest BCUT2D eigenvalue weighted by atomic mass is 9.97. The molecule has 0 spiro atoms. The molecule has 80 valence electrons. The van der Waals surface area contributed by atoms with Gasteiger partial charge in [-0.15, -0.1) is 0 Å². The van der Waals surface area contributed by atoms with Gasteiger partial charge in [0.2, 0.25) is 0 Å². The number of methoxy groups -OCH3 is 1. The Bertz CT molecular complexity index is 226.